The zero-order valence-electron chi connectivity index (χ0n) is 11.0. The zero-order chi connectivity index (χ0) is 13.8. The molecule has 0 saturated carbocycles. The number of nitrogens with zero attached hydrogens (tertiary/aromatic N) is 1. The standard InChI is InChI=1S/C14H16F2N2O/c1-14(2)4-3-5-18-10-7-8(15)6-9(16)11(10)17-13(19)12(14)18/h6-7,12H,3-5H2,1-2H3,(H,17,19). The molecule has 1 aromatic rings. The van der Waals surface area contributed by atoms with Gasteiger partial charge in [-0.05, 0) is 24.3 Å². The average molecular weight is 266 g/mol. The van der Waals surface area contributed by atoms with E-state index < -0.39 is 11.6 Å². The Morgan fingerprint density at radius 1 is 1.37 bits per heavy atom. The molecule has 1 aromatic carbocycles. The molecule has 5 heteroatoms. The third-order valence-electron chi connectivity index (χ3n) is 4.11. The molecule has 0 bridgehead atoms. The summed E-state index contributed by atoms with van der Waals surface area (Å²) in [4.78, 5) is 14.1. The number of benzene rings is 1. The lowest BCUT2D eigenvalue weighted by atomic mass is 9.75. The van der Waals surface area contributed by atoms with Crippen molar-refractivity contribution in [2.75, 3.05) is 16.8 Å². The zero-order valence-corrected chi connectivity index (χ0v) is 11.0. The molecule has 19 heavy (non-hydrogen) atoms. The van der Waals surface area contributed by atoms with Crippen molar-refractivity contribution in [1.29, 1.82) is 0 Å². The number of hydrogen-bond acceptors (Lipinski definition) is 2. The number of piperidine rings is 1. The molecule has 0 aromatic heterocycles. The summed E-state index contributed by atoms with van der Waals surface area (Å²) >= 11 is 0. The smallest absolute Gasteiger partial charge is 0.247 e. The highest BCUT2D eigenvalue weighted by molar-refractivity contribution is 6.04. The second-order valence-electron chi connectivity index (χ2n) is 5.96. The number of hydrogen-bond donors (Lipinski definition) is 1. The molecule has 2 aliphatic rings. The van der Waals surface area contributed by atoms with Gasteiger partial charge in [0.2, 0.25) is 5.91 Å². The van der Waals surface area contributed by atoms with E-state index in [1.165, 1.54) is 6.07 Å². The molecule has 1 N–H and O–H groups in total. The van der Waals surface area contributed by atoms with E-state index in [2.05, 4.69) is 5.32 Å². The normalized spacial score (nSPS) is 24.5. The van der Waals surface area contributed by atoms with E-state index in [-0.39, 0.29) is 23.1 Å². The van der Waals surface area contributed by atoms with Gasteiger partial charge in [0.15, 0.2) is 5.82 Å². The Bertz CT molecular complexity index is 557. The van der Waals surface area contributed by atoms with Crippen molar-refractivity contribution in [2.45, 2.75) is 32.7 Å². The summed E-state index contributed by atoms with van der Waals surface area (Å²) in [5.74, 6) is -1.54. The summed E-state index contributed by atoms with van der Waals surface area (Å²) in [6, 6.07) is 1.73. The fourth-order valence-corrected chi connectivity index (χ4v) is 3.25. The lowest BCUT2D eigenvalue weighted by Crippen LogP contribution is -2.58. The van der Waals surface area contributed by atoms with Gasteiger partial charge in [-0.1, -0.05) is 13.8 Å². The molecule has 1 amide bonds. The third kappa shape index (κ3) is 1.79. The molecule has 3 nitrogen and oxygen atoms in total. The molecule has 0 radical (unpaired) electrons. The van der Waals surface area contributed by atoms with Crippen LogP contribution in [0.15, 0.2) is 12.1 Å². The Morgan fingerprint density at radius 2 is 2.11 bits per heavy atom. The van der Waals surface area contributed by atoms with Crippen LogP contribution < -0.4 is 10.2 Å². The highest BCUT2D eigenvalue weighted by atomic mass is 19.1. The molecule has 0 spiro atoms. The molecule has 102 valence electrons. The summed E-state index contributed by atoms with van der Waals surface area (Å²) in [5, 5.41) is 2.59. The molecular weight excluding hydrogens is 250 g/mol. The summed E-state index contributed by atoms with van der Waals surface area (Å²) in [7, 11) is 0. The summed E-state index contributed by atoms with van der Waals surface area (Å²) in [5.41, 5.74) is 0.346. The second-order valence-corrected chi connectivity index (χ2v) is 5.96. The van der Waals surface area contributed by atoms with Gasteiger partial charge in [0.05, 0.1) is 5.69 Å². The molecule has 1 fully saturated rings. The van der Waals surface area contributed by atoms with Crippen molar-refractivity contribution in [2.24, 2.45) is 5.41 Å². The van der Waals surface area contributed by atoms with E-state index in [9.17, 15) is 13.6 Å². The largest absolute Gasteiger partial charge is 0.357 e. The van der Waals surface area contributed by atoms with Crippen LogP contribution in [0.2, 0.25) is 0 Å². The predicted molar refractivity (Wildman–Crippen MR) is 69.1 cm³/mol. The molecule has 1 atom stereocenters. The summed E-state index contributed by atoms with van der Waals surface area (Å²) in [6.45, 7) is 4.69. The number of carbonyl (C=O) groups is 1. The van der Waals surface area contributed by atoms with Crippen LogP contribution in [0.25, 0.3) is 0 Å². The second kappa shape index (κ2) is 3.92. The van der Waals surface area contributed by atoms with E-state index in [0.717, 1.165) is 18.9 Å². The van der Waals surface area contributed by atoms with Gasteiger partial charge in [-0.25, -0.2) is 8.78 Å². The summed E-state index contributed by atoms with van der Waals surface area (Å²) < 4.78 is 27.2. The maximum Gasteiger partial charge on any atom is 0.247 e. The predicted octanol–water partition coefficient (Wildman–Crippen LogP) is 2.91. The van der Waals surface area contributed by atoms with Gasteiger partial charge in [0.1, 0.15) is 17.5 Å². The Labute approximate surface area is 110 Å². The van der Waals surface area contributed by atoms with Gasteiger partial charge >= 0.3 is 0 Å². The fourth-order valence-electron chi connectivity index (χ4n) is 3.25. The number of carbonyl (C=O) groups excluding carboxylic acids is 1. The van der Waals surface area contributed by atoms with Crippen LogP contribution in [-0.4, -0.2) is 18.5 Å². The number of anilines is 2. The maximum absolute atomic E-state index is 13.8. The minimum absolute atomic E-state index is 0.0975. The Hall–Kier alpha value is -1.65. The highest BCUT2D eigenvalue weighted by Crippen LogP contribution is 2.44. The molecular formula is C14H16F2N2O. The van der Waals surface area contributed by atoms with E-state index in [1.54, 1.807) is 0 Å². The van der Waals surface area contributed by atoms with E-state index in [4.69, 9.17) is 0 Å². The molecule has 3 rings (SSSR count). The van der Waals surface area contributed by atoms with Crippen molar-refractivity contribution < 1.29 is 13.6 Å². The first-order valence-corrected chi connectivity index (χ1v) is 6.47. The Balaban J connectivity index is 2.15. The quantitative estimate of drug-likeness (QED) is 0.783. The molecule has 0 aliphatic carbocycles. The van der Waals surface area contributed by atoms with Gasteiger partial charge in [-0.3, -0.25) is 4.79 Å². The third-order valence-corrected chi connectivity index (χ3v) is 4.11. The van der Waals surface area contributed by atoms with Crippen LogP contribution >= 0.6 is 0 Å². The minimum Gasteiger partial charge on any atom is -0.357 e. The van der Waals surface area contributed by atoms with Crippen LogP contribution in [-0.2, 0) is 4.79 Å². The van der Waals surface area contributed by atoms with E-state index >= 15 is 0 Å². The van der Waals surface area contributed by atoms with E-state index in [0.29, 0.717) is 12.2 Å². The van der Waals surface area contributed by atoms with Gasteiger partial charge in [-0.15, -0.1) is 0 Å². The first-order valence-electron chi connectivity index (χ1n) is 6.47. The van der Waals surface area contributed by atoms with Crippen molar-refractivity contribution >= 4 is 17.3 Å². The molecule has 2 aliphatic heterocycles. The molecule has 2 heterocycles. The van der Waals surface area contributed by atoms with Crippen LogP contribution in [0.4, 0.5) is 20.2 Å². The molecule has 1 unspecified atom stereocenters. The van der Waals surface area contributed by atoms with Crippen LogP contribution in [0.1, 0.15) is 26.7 Å². The number of amides is 1. The summed E-state index contributed by atoms with van der Waals surface area (Å²) in [6.07, 6.45) is 1.84. The monoisotopic (exact) mass is 266 g/mol. The Morgan fingerprint density at radius 3 is 2.84 bits per heavy atom. The SMILES string of the molecule is CC1(C)CCCN2c3cc(F)cc(F)c3NC(=O)C21. The van der Waals surface area contributed by atoms with E-state index in [1.807, 2.05) is 18.7 Å². The minimum atomic E-state index is -0.717. The maximum atomic E-state index is 13.8. The van der Waals surface area contributed by atoms with Crippen LogP contribution in [0, 0.1) is 17.0 Å². The molecule has 1 saturated heterocycles. The highest BCUT2D eigenvalue weighted by Gasteiger charge is 2.46. The first-order chi connectivity index (χ1) is 8.90. The topological polar surface area (TPSA) is 32.3 Å². The van der Waals surface area contributed by atoms with Crippen molar-refractivity contribution in [3.05, 3.63) is 23.8 Å². The van der Waals surface area contributed by atoms with Crippen molar-refractivity contribution in [1.82, 2.24) is 0 Å². The van der Waals surface area contributed by atoms with Crippen molar-refractivity contribution in [3.63, 3.8) is 0 Å². The van der Waals surface area contributed by atoms with Crippen LogP contribution in [0.5, 0.6) is 0 Å². The number of halogens is 2. The van der Waals surface area contributed by atoms with Gasteiger partial charge in [0.25, 0.3) is 0 Å². The Kier molecular flexibility index (Phi) is 2.56. The fraction of sp³-hybridized carbons (Fsp3) is 0.500. The number of nitrogens with one attached hydrogen (secondary N) is 1. The number of rotatable bonds is 0. The lowest BCUT2D eigenvalue weighted by molar-refractivity contribution is -0.120. The van der Waals surface area contributed by atoms with Gasteiger partial charge in [0, 0.05) is 12.6 Å². The average Bonchev–Trinajstić information content (AvgIpc) is 2.29. The lowest BCUT2D eigenvalue weighted by Gasteiger charge is -2.49. The van der Waals surface area contributed by atoms with Crippen LogP contribution in [0.3, 0.4) is 0 Å². The first kappa shape index (κ1) is 12.4. The number of fused-ring (bicyclic) bond motifs is 3. The van der Waals surface area contributed by atoms with Gasteiger partial charge < -0.3 is 10.2 Å². The van der Waals surface area contributed by atoms with Crippen molar-refractivity contribution in [3.8, 4) is 0 Å². The van der Waals surface area contributed by atoms with Gasteiger partial charge in [-0.2, -0.15) is 0 Å².